The molecule has 0 aliphatic rings. The van der Waals surface area contributed by atoms with Gasteiger partial charge in [-0.1, -0.05) is 36.4 Å². The molecule has 2 heteroatoms. The number of allylic oxidation sites excluding steroid dienone is 1. The molecule has 0 saturated carbocycles. The van der Waals surface area contributed by atoms with E-state index in [0.717, 1.165) is 5.56 Å². The minimum Gasteiger partial charge on any atom is -0.872 e. The van der Waals surface area contributed by atoms with Crippen LogP contribution in [0.15, 0.2) is 36.4 Å². The molecule has 0 unspecified atom stereocenters. The van der Waals surface area contributed by atoms with E-state index in [1.807, 2.05) is 30.3 Å². The predicted octanol–water partition coefficient (Wildman–Crippen LogP) is -1.59. The van der Waals surface area contributed by atoms with Crippen molar-refractivity contribution < 1.29 is 24.0 Å². The van der Waals surface area contributed by atoms with Crippen molar-refractivity contribution in [3.05, 3.63) is 42.0 Å². The smallest absolute Gasteiger partial charge is 0.872 e. The van der Waals surface area contributed by atoms with Gasteiger partial charge in [0.2, 0.25) is 0 Å². The molecular weight excluding hydrogens is 131 g/mol. The zero-order valence-electron chi connectivity index (χ0n) is 6.87. The molecule has 0 amide bonds. The molecule has 0 fully saturated rings. The van der Waals surface area contributed by atoms with E-state index in [9.17, 15) is 5.11 Å². The average molecular weight is 140 g/mol. The summed E-state index contributed by atoms with van der Waals surface area (Å²) in [5.74, 6) is 0.0839. The van der Waals surface area contributed by atoms with E-state index in [4.69, 9.17) is 0 Å². The fourth-order valence-corrected chi connectivity index (χ4v) is 0.769. The monoisotopic (exact) mass is 140 g/mol. The first kappa shape index (κ1) is 10.4. The Kier molecular flexibility index (Phi) is 4.77. The largest absolute Gasteiger partial charge is 1.00 e. The van der Waals surface area contributed by atoms with Crippen molar-refractivity contribution in [3.8, 4) is 0 Å². The van der Waals surface area contributed by atoms with E-state index < -0.39 is 0 Å². The summed E-state index contributed by atoms with van der Waals surface area (Å²) in [7, 11) is 0. The third-order valence-electron chi connectivity index (χ3n) is 1.32. The van der Waals surface area contributed by atoms with E-state index in [1.165, 1.54) is 0 Å². The number of rotatable bonds is 1. The molecule has 1 nitrogen and oxygen atoms in total. The zero-order valence-corrected chi connectivity index (χ0v) is 6.87. The molecule has 1 rings (SSSR count). The maximum Gasteiger partial charge on any atom is 1.00 e. The van der Waals surface area contributed by atoms with Gasteiger partial charge >= 0.3 is 18.9 Å². The van der Waals surface area contributed by atoms with Gasteiger partial charge in [-0.2, -0.15) is 0 Å². The van der Waals surface area contributed by atoms with Gasteiger partial charge in [0.1, 0.15) is 0 Å². The topological polar surface area (TPSA) is 23.1 Å². The van der Waals surface area contributed by atoms with Crippen LogP contribution in [0.2, 0.25) is 0 Å². The third-order valence-corrected chi connectivity index (χ3v) is 1.32. The third kappa shape index (κ3) is 2.84. The molecule has 0 aliphatic carbocycles. The summed E-state index contributed by atoms with van der Waals surface area (Å²) in [5, 5.41) is 11.0. The van der Waals surface area contributed by atoms with Gasteiger partial charge in [0.05, 0.1) is 0 Å². The SMILES string of the molecule is C/C=C(\[O-])c1ccccc1.[Li+]. The van der Waals surface area contributed by atoms with Crippen LogP contribution >= 0.6 is 0 Å². The first-order valence-corrected chi connectivity index (χ1v) is 3.23. The Bertz CT molecular complexity index is 229. The van der Waals surface area contributed by atoms with Crippen LogP contribution in [0.25, 0.3) is 5.76 Å². The fraction of sp³-hybridized carbons (Fsp3) is 0.111. The Morgan fingerprint density at radius 1 is 1.27 bits per heavy atom. The van der Waals surface area contributed by atoms with Gasteiger partial charge in [-0.15, -0.1) is 5.76 Å². The molecule has 0 atom stereocenters. The first-order chi connectivity index (χ1) is 4.84. The molecule has 0 aromatic heterocycles. The Hall–Kier alpha value is -0.643. The second-order valence-electron chi connectivity index (χ2n) is 2.02. The normalized spacial score (nSPS) is 10.5. The summed E-state index contributed by atoms with van der Waals surface area (Å²) in [5.41, 5.74) is 0.755. The van der Waals surface area contributed by atoms with Crippen LogP contribution in [-0.4, -0.2) is 0 Å². The summed E-state index contributed by atoms with van der Waals surface area (Å²) in [6.07, 6.45) is 1.56. The van der Waals surface area contributed by atoms with Crippen LogP contribution in [0.1, 0.15) is 12.5 Å². The molecule has 0 radical (unpaired) electrons. The fourth-order valence-electron chi connectivity index (χ4n) is 0.769. The van der Waals surface area contributed by atoms with Crippen LogP contribution in [-0.2, 0) is 0 Å². The van der Waals surface area contributed by atoms with Crippen LogP contribution in [0.4, 0.5) is 0 Å². The molecule has 11 heavy (non-hydrogen) atoms. The van der Waals surface area contributed by atoms with E-state index in [-0.39, 0.29) is 24.6 Å². The summed E-state index contributed by atoms with van der Waals surface area (Å²) >= 11 is 0. The summed E-state index contributed by atoms with van der Waals surface area (Å²) in [6, 6.07) is 9.23. The molecule has 0 heterocycles. The van der Waals surface area contributed by atoms with Crippen LogP contribution in [0.3, 0.4) is 0 Å². The molecule has 0 spiro atoms. The summed E-state index contributed by atoms with van der Waals surface area (Å²) in [6.45, 7) is 1.75. The minimum atomic E-state index is 0. The van der Waals surface area contributed by atoms with Crippen LogP contribution in [0, 0.1) is 0 Å². The number of benzene rings is 1. The summed E-state index contributed by atoms with van der Waals surface area (Å²) in [4.78, 5) is 0. The van der Waals surface area contributed by atoms with E-state index in [0.29, 0.717) is 0 Å². The second-order valence-corrected chi connectivity index (χ2v) is 2.02. The maximum atomic E-state index is 11.0. The van der Waals surface area contributed by atoms with Crippen molar-refractivity contribution in [3.63, 3.8) is 0 Å². The number of hydrogen-bond donors (Lipinski definition) is 0. The molecule has 1 aromatic carbocycles. The maximum absolute atomic E-state index is 11.0. The predicted molar refractivity (Wildman–Crippen MR) is 40.1 cm³/mol. The Morgan fingerprint density at radius 3 is 2.27 bits per heavy atom. The van der Waals surface area contributed by atoms with Gasteiger partial charge < -0.3 is 5.11 Å². The number of hydrogen-bond acceptors (Lipinski definition) is 1. The van der Waals surface area contributed by atoms with E-state index >= 15 is 0 Å². The molecule has 0 N–H and O–H groups in total. The average Bonchev–Trinajstić information content (AvgIpc) is 2.05. The zero-order chi connectivity index (χ0) is 7.40. The van der Waals surface area contributed by atoms with Gasteiger partial charge in [-0.3, -0.25) is 0 Å². The van der Waals surface area contributed by atoms with Crippen molar-refractivity contribution >= 4 is 5.76 Å². The standard InChI is InChI=1S/C9H10O.Li/c1-2-9(10)8-6-4-3-5-7-8;/h2-7,10H,1H3;/q;+1/p-1/b9-2-;. The molecule has 0 aliphatic heterocycles. The van der Waals surface area contributed by atoms with Gasteiger partial charge in [-0.25, -0.2) is 0 Å². The quantitative estimate of drug-likeness (QED) is 0.341. The Morgan fingerprint density at radius 2 is 1.82 bits per heavy atom. The van der Waals surface area contributed by atoms with E-state index in [1.54, 1.807) is 13.0 Å². The Labute approximate surface area is 78.9 Å². The van der Waals surface area contributed by atoms with Crippen molar-refractivity contribution in [2.75, 3.05) is 0 Å². The molecule has 0 bridgehead atoms. The van der Waals surface area contributed by atoms with Crippen molar-refractivity contribution in [2.24, 2.45) is 0 Å². The van der Waals surface area contributed by atoms with Gasteiger partial charge in [0, 0.05) is 0 Å². The van der Waals surface area contributed by atoms with E-state index in [2.05, 4.69) is 0 Å². The van der Waals surface area contributed by atoms with Gasteiger partial charge in [0.15, 0.2) is 0 Å². The van der Waals surface area contributed by atoms with Crippen molar-refractivity contribution in [2.45, 2.75) is 6.92 Å². The first-order valence-electron chi connectivity index (χ1n) is 3.23. The molecular formula is C9H9LiO. The van der Waals surface area contributed by atoms with Crippen LogP contribution < -0.4 is 24.0 Å². The van der Waals surface area contributed by atoms with Crippen molar-refractivity contribution in [1.82, 2.24) is 0 Å². The van der Waals surface area contributed by atoms with Gasteiger partial charge in [0.25, 0.3) is 0 Å². The minimum absolute atomic E-state index is 0. The Balaban J connectivity index is 0.000001000. The summed E-state index contributed by atoms with van der Waals surface area (Å²) < 4.78 is 0. The van der Waals surface area contributed by atoms with Crippen LogP contribution in [0.5, 0.6) is 0 Å². The van der Waals surface area contributed by atoms with Gasteiger partial charge in [-0.05, 0) is 12.5 Å². The molecule has 52 valence electrons. The second kappa shape index (κ2) is 5.07. The molecule has 0 saturated heterocycles. The van der Waals surface area contributed by atoms with Crippen molar-refractivity contribution in [1.29, 1.82) is 0 Å². The molecule has 1 aromatic rings.